The van der Waals surface area contributed by atoms with Crippen molar-refractivity contribution < 1.29 is 4.74 Å². The minimum Gasteiger partial charge on any atom is -0.366 e. The molecule has 0 fully saturated rings. The van der Waals surface area contributed by atoms with E-state index in [1.54, 1.807) is 0 Å². The first-order valence-corrected chi connectivity index (χ1v) is 7.27. The molecule has 2 rings (SSSR count). The molecule has 1 nitrogen and oxygen atoms in total. The molecule has 1 aromatic carbocycles. The molecule has 0 saturated heterocycles. The van der Waals surface area contributed by atoms with Crippen LogP contribution in [0, 0.1) is 0 Å². The second-order valence-corrected chi connectivity index (χ2v) is 5.09. The molecule has 2 atom stereocenters. The van der Waals surface area contributed by atoms with Gasteiger partial charge in [0.1, 0.15) is 0 Å². The third-order valence-corrected chi connectivity index (χ3v) is 3.55. The molecular weight excluding hydrogens is 220 g/mol. The van der Waals surface area contributed by atoms with E-state index < -0.39 is 0 Å². The van der Waals surface area contributed by atoms with Crippen molar-refractivity contribution in [3.8, 4) is 0 Å². The summed E-state index contributed by atoms with van der Waals surface area (Å²) in [5.74, 6) is 0. The molecular formula is C17H24O. The van der Waals surface area contributed by atoms with Crippen LogP contribution in [0.3, 0.4) is 0 Å². The molecule has 98 valence electrons. The van der Waals surface area contributed by atoms with Crippen LogP contribution in [-0.4, -0.2) is 6.10 Å². The van der Waals surface area contributed by atoms with Crippen LogP contribution in [0.4, 0.5) is 0 Å². The first kappa shape index (κ1) is 13.4. The van der Waals surface area contributed by atoms with Gasteiger partial charge in [0.15, 0.2) is 0 Å². The fraction of sp³-hybridized carbons (Fsp3) is 0.529. The topological polar surface area (TPSA) is 9.23 Å². The van der Waals surface area contributed by atoms with Gasteiger partial charge in [0.25, 0.3) is 0 Å². The monoisotopic (exact) mass is 244 g/mol. The van der Waals surface area contributed by atoms with Crippen molar-refractivity contribution in [2.24, 2.45) is 0 Å². The second-order valence-electron chi connectivity index (χ2n) is 5.09. The van der Waals surface area contributed by atoms with Crippen molar-refractivity contribution >= 4 is 0 Å². The van der Waals surface area contributed by atoms with E-state index in [1.807, 2.05) is 0 Å². The Balaban J connectivity index is 1.81. The van der Waals surface area contributed by atoms with Crippen LogP contribution in [0.5, 0.6) is 0 Å². The normalized spacial score (nSPS) is 23.2. The average molecular weight is 244 g/mol. The largest absolute Gasteiger partial charge is 0.366 e. The lowest BCUT2D eigenvalue weighted by atomic mass is 10.0. The molecule has 1 aliphatic rings. The van der Waals surface area contributed by atoms with Crippen molar-refractivity contribution in [2.45, 2.75) is 57.7 Å². The fourth-order valence-electron chi connectivity index (χ4n) is 2.48. The van der Waals surface area contributed by atoms with E-state index in [4.69, 9.17) is 4.74 Å². The van der Waals surface area contributed by atoms with Crippen molar-refractivity contribution in [1.29, 1.82) is 0 Å². The zero-order valence-corrected chi connectivity index (χ0v) is 11.3. The minimum atomic E-state index is 0.257. The lowest BCUT2D eigenvalue weighted by molar-refractivity contribution is -0.000158. The first-order chi connectivity index (χ1) is 8.90. The van der Waals surface area contributed by atoms with E-state index in [0.29, 0.717) is 6.10 Å². The summed E-state index contributed by atoms with van der Waals surface area (Å²) >= 11 is 0. The van der Waals surface area contributed by atoms with Crippen molar-refractivity contribution in [1.82, 2.24) is 0 Å². The molecule has 18 heavy (non-hydrogen) atoms. The van der Waals surface area contributed by atoms with Crippen molar-refractivity contribution in [3.05, 3.63) is 48.0 Å². The fourth-order valence-corrected chi connectivity index (χ4v) is 2.48. The molecule has 0 aromatic heterocycles. The van der Waals surface area contributed by atoms with Gasteiger partial charge in [0.2, 0.25) is 0 Å². The minimum absolute atomic E-state index is 0.257. The van der Waals surface area contributed by atoms with E-state index in [-0.39, 0.29) is 6.10 Å². The van der Waals surface area contributed by atoms with Crippen molar-refractivity contribution in [3.63, 3.8) is 0 Å². The lowest BCUT2D eigenvalue weighted by Gasteiger charge is -2.26. The summed E-state index contributed by atoms with van der Waals surface area (Å²) in [6.07, 6.45) is 12.5. The molecule has 0 radical (unpaired) electrons. The Bertz CT molecular complexity index is 355. The summed E-state index contributed by atoms with van der Waals surface area (Å²) in [7, 11) is 0. The highest BCUT2D eigenvalue weighted by Crippen LogP contribution is 2.28. The Morgan fingerprint density at radius 3 is 2.72 bits per heavy atom. The third kappa shape index (κ3) is 3.99. The molecule has 0 bridgehead atoms. The van der Waals surface area contributed by atoms with Crippen LogP contribution in [0.25, 0.3) is 0 Å². The summed E-state index contributed by atoms with van der Waals surface area (Å²) < 4.78 is 6.17. The number of hydrogen-bond acceptors (Lipinski definition) is 1. The standard InChI is InChI=1S/C17H24O/c1-2-3-4-8-12-16-13-9-14-17(18-16)15-10-6-5-7-11-15/h5-7,9-11,13,16-17H,2-4,8,12,14H2,1H3/t16-,17+/m0/s1. The number of benzene rings is 1. The van der Waals surface area contributed by atoms with Gasteiger partial charge >= 0.3 is 0 Å². The summed E-state index contributed by atoms with van der Waals surface area (Å²) in [6.45, 7) is 2.25. The van der Waals surface area contributed by atoms with E-state index in [9.17, 15) is 0 Å². The maximum absolute atomic E-state index is 6.17. The van der Waals surface area contributed by atoms with Gasteiger partial charge in [-0.2, -0.15) is 0 Å². The molecule has 1 aromatic rings. The molecule has 1 aliphatic heterocycles. The summed E-state index contributed by atoms with van der Waals surface area (Å²) in [6, 6.07) is 10.6. The van der Waals surface area contributed by atoms with Gasteiger partial charge in [-0.15, -0.1) is 0 Å². The smallest absolute Gasteiger partial charge is 0.0867 e. The number of hydrogen-bond donors (Lipinski definition) is 0. The Kier molecular flexibility index (Phi) is 5.47. The summed E-state index contributed by atoms with van der Waals surface area (Å²) in [5.41, 5.74) is 1.31. The summed E-state index contributed by atoms with van der Waals surface area (Å²) in [4.78, 5) is 0. The highest BCUT2D eigenvalue weighted by atomic mass is 16.5. The molecule has 0 saturated carbocycles. The van der Waals surface area contributed by atoms with Gasteiger partial charge in [-0.05, 0) is 18.4 Å². The molecule has 0 aliphatic carbocycles. The van der Waals surface area contributed by atoms with E-state index in [1.165, 1.54) is 37.7 Å². The molecule has 1 heteroatoms. The number of ether oxygens (including phenoxy) is 1. The average Bonchev–Trinajstić information content (AvgIpc) is 2.45. The van der Waals surface area contributed by atoms with Crippen LogP contribution in [-0.2, 0) is 4.74 Å². The molecule has 0 spiro atoms. The van der Waals surface area contributed by atoms with Gasteiger partial charge in [0.05, 0.1) is 12.2 Å². The highest BCUT2D eigenvalue weighted by molar-refractivity contribution is 5.19. The van der Waals surface area contributed by atoms with Crippen LogP contribution < -0.4 is 0 Å². The van der Waals surface area contributed by atoms with Gasteiger partial charge in [-0.25, -0.2) is 0 Å². The molecule has 0 N–H and O–H groups in total. The Labute approximate surface area is 111 Å². The van der Waals surface area contributed by atoms with Gasteiger partial charge in [0, 0.05) is 0 Å². The van der Waals surface area contributed by atoms with Crippen LogP contribution in [0.2, 0.25) is 0 Å². The SMILES string of the molecule is CCCCCC[C@H]1C=CC[C@H](c2ccccc2)O1. The Hall–Kier alpha value is -1.08. The third-order valence-electron chi connectivity index (χ3n) is 3.55. The van der Waals surface area contributed by atoms with Crippen LogP contribution in [0.1, 0.15) is 57.1 Å². The number of unbranched alkanes of at least 4 members (excludes halogenated alkanes) is 3. The quantitative estimate of drug-likeness (QED) is 0.503. The van der Waals surface area contributed by atoms with Crippen molar-refractivity contribution in [2.75, 3.05) is 0 Å². The lowest BCUT2D eigenvalue weighted by Crippen LogP contribution is -2.18. The van der Waals surface area contributed by atoms with Gasteiger partial charge in [-0.3, -0.25) is 0 Å². The van der Waals surface area contributed by atoms with Gasteiger partial charge in [-0.1, -0.05) is 75.1 Å². The zero-order chi connectivity index (χ0) is 12.6. The highest BCUT2D eigenvalue weighted by Gasteiger charge is 2.18. The van der Waals surface area contributed by atoms with Gasteiger partial charge < -0.3 is 4.74 Å². The van der Waals surface area contributed by atoms with Crippen LogP contribution >= 0.6 is 0 Å². The van der Waals surface area contributed by atoms with E-state index in [0.717, 1.165) is 6.42 Å². The van der Waals surface area contributed by atoms with Crippen LogP contribution in [0.15, 0.2) is 42.5 Å². The predicted octanol–water partition coefficient (Wildman–Crippen LogP) is 5.04. The first-order valence-electron chi connectivity index (χ1n) is 7.27. The second kappa shape index (κ2) is 7.38. The molecule has 1 heterocycles. The summed E-state index contributed by atoms with van der Waals surface area (Å²) in [5, 5.41) is 0. The Morgan fingerprint density at radius 2 is 1.94 bits per heavy atom. The predicted molar refractivity (Wildman–Crippen MR) is 76.6 cm³/mol. The Morgan fingerprint density at radius 1 is 1.11 bits per heavy atom. The van der Waals surface area contributed by atoms with E-state index in [2.05, 4.69) is 49.4 Å². The van der Waals surface area contributed by atoms with E-state index >= 15 is 0 Å². The number of rotatable bonds is 6. The zero-order valence-electron chi connectivity index (χ0n) is 11.3. The maximum atomic E-state index is 6.17. The maximum Gasteiger partial charge on any atom is 0.0867 e. The molecule has 0 unspecified atom stereocenters. The molecule has 0 amide bonds.